The number of ether oxygens (including phenoxy) is 2. The highest BCUT2D eigenvalue weighted by atomic mass is 16.6. The van der Waals surface area contributed by atoms with E-state index in [1.54, 1.807) is 6.08 Å². The normalized spacial score (nSPS) is 12.2. The van der Waals surface area contributed by atoms with Crippen molar-refractivity contribution in [2.75, 3.05) is 14.2 Å². The lowest BCUT2D eigenvalue weighted by Crippen LogP contribution is -2.06. The fourth-order valence-corrected chi connectivity index (χ4v) is 1.36. The maximum absolute atomic E-state index is 11.3. The van der Waals surface area contributed by atoms with Crippen LogP contribution >= 0.6 is 0 Å². The molecule has 0 N–H and O–H groups in total. The van der Waals surface area contributed by atoms with Gasteiger partial charge in [0.1, 0.15) is 0 Å². The third kappa shape index (κ3) is 4.15. The summed E-state index contributed by atoms with van der Waals surface area (Å²) >= 11 is 0. The van der Waals surface area contributed by atoms with Crippen LogP contribution < -0.4 is 0 Å². The molecule has 0 aliphatic heterocycles. The second-order valence-electron chi connectivity index (χ2n) is 3.50. The highest BCUT2D eigenvalue weighted by molar-refractivity contribution is 5.87. The van der Waals surface area contributed by atoms with Gasteiger partial charge in [-0.2, -0.15) is 0 Å². The number of methoxy groups -OCH3 is 2. The number of allylic oxidation sites excluding steroid dienone is 2. The first-order valence-corrected chi connectivity index (χ1v) is 5.24. The molecule has 0 radical (unpaired) electrons. The predicted molar refractivity (Wildman–Crippen MR) is 67.2 cm³/mol. The summed E-state index contributed by atoms with van der Waals surface area (Å²) in [6, 6.07) is 9.85. The highest BCUT2D eigenvalue weighted by Crippen LogP contribution is 2.10. The summed E-state index contributed by atoms with van der Waals surface area (Å²) in [7, 11) is 2.77. The van der Waals surface area contributed by atoms with E-state index in [0.717, 1.165) is 11.1 Å². The molecule has 0 heterocycles. The molecular formula is C14H16O3. The van der Waals surface area contributed by atoms with Crippen LogP contribution in [0.2, 0.25) is 0 Å². The number of rotatable bonds is 4. The number of carbonyl (C=O) groups excluding carboxylic acids is 1. The summed E-state index contributed by atoms with van der Waals surface area (Å²) in [6.45, 7) is 1.90. The van der Waals surface area contributed by atoms with Gasteiger partial charge in [0.05, 0.1) is 14.2 Å². The van der Waals surface area contributed by atoms with Crippen molar-refractivity contribution in [1.29, 1.82) is 0 Å². The first kappa shape index (κ1) is 13.0. The van der Waals surface area contributed by atoms with Crippen LogP contribution in [0.5, 0.6) is 0 Å². The molecule has 1 aromatic rings. The Kier molecular flexibility index (Phi) is 5.01. The Balaban J connectivity index is 2.90. The molecule has 90 valence electrons. The molecule has 0 fully saturated rings. The van der Waals surface area contributed by atoms with E-state index in [1.807, 2.05) is 43.3 Å². The molecule has 17 heavy (non-hydrogen) atoms. The summed E-state index contributed by atoms with van der Waals surface area (Å²) in [6.07, 6.45) is 3.61. The third-order valence-electron chi connectivity index (χ3n) is 2.16. The van der Waals surface area contributed by atoms with Gasteiger partial charge in [0.25, 0.3) is 0 Å². The van der Waals surface area contributed by atoms with E-state index in [-0.39, 0.29) is 5.76 Å². The van der Waals surface area contributed by atoms with E-state index < -0.39 is 5.97 Å². The second-order valence-corrected chi connectivity index (χ2v) is 3.50. The summed E-state index contributed by atoms with van der Waals surface area (Å²) < 4.78 is 9.55. The zero-order valence-corrected chi connectivity index (χ0v) is 10.3. The van der Waals surface area contributed by atoms with E-state index >= 15 is 0 Å². The molecule has 0 aliphatic carbocycles. The summed E-state index contributed by atoms with van der Waals surface area (Å²) in [5.41, 5.74) is 1.99. The van der Waals surface area contributed by atoms with Gasteiger partial charge >= 0.3 is 5.97 Å². The number of hydrogen-bond acceptors (Lipinski definition) is 3. The molecule has 0 unspecified atom stereocenters. The molecule has 0 atom stereocenters. The average molecular weight is 232 g/mol. The minimum Gasteiger partial charge on any atom is -0.490 e. The van der Waals surface area contributed by atoms with Crippen molar-refractivity contribution in [3.63, 3.8) is 0 Å². The van der Waals surface area contributed by atoms with Crippen LogP contribution in [0.15, 0.2) is 47.7 Å². The van der Waals surface area contributed by atoms with Gasteiger partial charge in [-0.25, -0.2) is 4.79 Å². The molecule has 0 aliphatic rings. The van der Waals surface area contributed by atoms with Crippen molar-refractivity contribution in [3.05, 3.63) is 53.3 Å². The Labute approximate surface area is 101 Å². The Hall–Kier alpha value is -2.03. The molecule has 0 aromatic heterocycles. The highest BCUT2D eigenvalue weighted by Gasteiger charge is 2.08. The molecule has 3 heteroatoms. The van der Waals surface area contributed by atoms with Gasteiger partial charge < -0.3 is 9.47 Å². The van der Waals surface area contributed by atoms with Gasteiger partial charge in [0.2, 0.25) is 5.76 Å². The predicted octanol–water partition coefficient (Wildman–Crippen LogP) is 2.79. The van der Waals surface area contributed by atoms with Gasteiger partial charge in [0, 0.05) is 0 Å². The maximum atomic E-state index is 11.3. The van der Waals surface area contributed by atoms with Gasteiger partial charge in [-0.05, 0) is 24.1 Å². The lowest BCUT2D eigenvalue weighted by atomic mass is 10.1. The van der Waals surface area contributed by atoms with Crippen LogP contribution in [0.1, 0.15) is 12.5 Å². The molecule has 0 spiro atoms. The van der Waals surface area contributed by atoms with Crippen molar-refractivity contribution < 1.29 is 14.3 Å². The zero-order chi connectivity index (χ0) is 12.7. The molecule has 0 bridgehead atoms. The SMILES string of the molecule is COC(=O)C(=CC(C)=Cc1ccccc1)OC. The standard InChI is InChI=1S/C14H16O3/c1-11(9-12-7-5-4-6-8-12)10-13(16-2)14(15)17-3/h4-10H,1-3H3. The van der Waals surface area contributed by atoms with Gasteiger partial charge in [-0.1, -0.05) is 36.4 Å². The zero-order valence-electron chi connectivity index (χ0n) is 10.3. The summed E-state index contributed by atoms with van der Waals surface area (Å²) in [5, 5.41) is 0. The van der Waals surface area contributed by atoms with Crippen molar-refractivity contribution in [2.45, 2.75) is 6.92 Å². The Morgan fingerprint density at radius 2 is 1.76 bits per heavy atom. The molecule has 1 rings (SSSR count). The minimum absolute atomic E-state index is 0.192. The molecular weight excluding hydrogens is 216 g/mol. The first-order valence-electron chi connectivity index (χ1n) is 5.24. The van der Waals surface area contributed by atoms with Crippen LogP contribution in [-0.4, -0.2) is 20.2 Å². The van der Waals surface area contributed by atoms with E-state index in [1.165, 1.54) is 14.2 Å². The first-order chi connectivity index (χ1) is 8.17. The van der Waals surface area contributed by atoms with E-state index in [2.05, 4.69) is 4.74 Å². The van der Waals surface area contributed by atoms with Crippen molar-refractivity contribution in [3.8, 4) is 0 Å². The molecule has 1 aromatic carbocycles. The van der Waals surface area contributed by atoms with Crippen molar-refractivity contribution in [1.82, 2.24) is 0 Å². The molecule has 0 amide bonds. The van der Waals surface area contributed by atoms with Crippen LogP contribution in [0.4, 0.5) is 0 Å². The lowest BCUT2D eigenvalue weighted by molar-refractivity contribution is -0.139. The Morgan fingerprint density at radius 1 is 1.12 bits per heavy atom. The fourth-order valence-electron chi connectivity index (χ4n) is 1.36. The van der Waals surface area contributed by atoms with Crippen LogP contribution in [0.3, 0.4) is 0 Å². The van der Waals surface area contributed by atoms with Crippen LogP contribution in [0.25, 0.3) is 6.08 Å². The summed E-state index contributed by atoms with van der Waals surface area (Å²) in [4.78, 5) is 11.3. The smallest absolute Gasteiger partial charge is 0.373 e. The quantitative estimate of drug-likeness (QED) is 0.346. The van der Waals surface area contributed by atoms with Gasteiger partial charge in [-0.15, -0.1) is 0 Å². The number of hydrogen-bond donors (Lipinski definition) is 0. The largest absolute Gasteiger partial charge is 0.490 e. The summed E-state index contributed by atoms with van der Waals surface area (Å²) in [5.74, 6) is -0.287. The average Bonchev–Trinajstić information content (AvgIpc) is 2.36. The Bertz CT molecular complexity index is 430. The monoisotopic (exact) mass is 232 g/mol. The molecule has 3 nitrogen and oxygen atoms in total. The van der Waals surface area contributed by atoms with E-state index in [9.17, 15) is 4.79 Å². The van der Waals surface area contributed by atoms with Gasteiger partial charge in [-0.3, -0.25) is 0 Å². The Morgan fingerprint density at radius 3 is 2.29 bits per heavy atom. The van der Waals surface area contributed by atoms with E-state index in [4.69, 9.17) is 4.74 Å². The topological polar surface area (TPSA) is 35.5 Å². The third-order valence-corrected chi connectivity index (χ3v) is 2.16. The van der Waals surface area contributed by atoms with Crippen LogP contribution in [0, 0.1) is 0 Å². The number of carbonyl (C=O) groups is 1. The molecule has 0 saturated carbocycles. The number of benzene rings is 1. The number of esters is 1. The fraction of sp³-hybridized carbons (Fsp3) is 0.214. The van der Waals surface area contributed by atoms with Crippen LogP contribution in [-0.2, 0) is 14.3 Å². The van der Waals surface area contributed by atoms with Crippen molar-refractivity contribution >= 4 is 12.0 Å². The minimum atomic E-state index is -0.478. The maximum Gasteiger partial charge on any atom is 0.373 e. The van der Waals surface area contributed by atoms with Crippen molar-refractivity contribution in [2.24, 2.45) is 0 Å². The van der Waals surface area contributed by atoms with Gasteiger partial charge in [0.15, 0.2) is 0 Å². The van der Waals surface area contributed by atoms with E-state index in [0.29, 0.717) is 0 Å². The lowest BCUT2D eigenvalue weighted by Gasteiger charge is -2.03. The second kappa shape index (κ2) is 6.53. The molecule has 0 saturated heterocycles.